The summed E-state index contributed by atoms with van der Waals surface area (Å²) in [6.45, 7) is 0. The van der Waals surface area contributed by atoms with Crippen LogP contribution in [-0.4, -0.2) is 9.13 Å². The van der Waals surface area contributed by atoms with Gasteiger partial charge in [0.05, 0.1) is 44.6 Å². The summed E-state index contributed by atoms with van der Waals surface area (Å²) in [5, 5.41) is 26.6. The molecule has 48 heavy (non-hydrogen) atoms. The number of nitriles is 2. The summed E-state index contributed by atoms with van der Waals surface area (Å²) in [5.74, 6) is 0. The molecule has 0 saturated carbocycles. The Bertz CT molecular complexity index is 2490. The Morgan fingerprint density at radius 3 is 0.896 bits per heavy atom. The Kier molecular flexibility index (Phi) is 6.22. The zero-order valence-corrected chi connectivity index (χ0v) is 25.8. The van der Waals surface area contributed by atoms with Crippen LogP contribution >= 0.6 is 0 Å². The van der Waals surface area contributed by atoms with Crippen molar-refractivity contribution in [1.29, 1.82) is 10.5 Å². The van der Waals surface area contributed by atoms with E-state index < -0.39 is 0 Å². The monoisotopic (exact) mass is 610 g/mol. The second kappa shape index (κ2) is 10.9. The van der Waals surface area contributed by atoms with Crippen LogP contribution in [0.3, 0.4) is 0 Å². The van der Waals surface area contributed by atoms with Crippen molar-refractivity contribution >= 4 is 43.6 Å². The Morgan fingerprint density at radius 1 is 0.333 bits per heavy atom. The van der Waals surface area contributed by atoms with Crippen LogP contribution in [0, 0.1) is 22.7 Å². The molecule has 222 valence electrons. The summed E-state index contributed by atoms with van der Waals surface area (Å²) in [5.41, 5.74) is 9.64. The topological polar surface area (TPSA) is 57.4 Å². The van der Waals surface area contributed by atoms with Crippen molar-refractivity contribution in [3.8, 4) is 45.8 Å². The molecule has 4 nitrogen and oxygen atoms in total. The van der Waals surface area contributed by atoms with Gasteiger partial charge in [0.25, 0.3) is 0 Å². The standard InChI is InChI=1S/C44H26N4/c45-27-35-36(28-46)42(30-17-5-2-6-18-30)44(48-39-25-13-9-21-33(39)34-22-10-14-26-40(34)48)43(41(35)29-15-3-1-4-16-29)47-37-23-11-7-19-31(37)32-20-8-12-24-38(32)47/h1-26H. The normalized spacial score (nSPS) is 11.3. The fraction of sp³-hybridized carbons (Fsp3) is 0. The third kappa shape index (κ3) is 3.88. The highest BCUT2D eigenvalue weighted by molar-refractivity contribution is 6.14. The summed E-state index contributed by atoms with van der Waals surface area (Å²) in [6.07, 6.45) is 0. The summed E-state index contributed by atoms with van der Waals surface area (Å²) in [4.78, 5) is 0. The average molecular weight is 611 g/mol. The first-order valence-electron chi connectivity index (χ1n) is 15.9. The zero-order chi connectivity index (χ0) is 32.2. The van der Waals surface area contributed by atoms with Gasteiger partial charge in [-0.2, -0.15) is 10.5 Å². The van der Waals surface area contributed by atoms with E-state index in [0.29, 0.717) is 11.1 Å². The van der Waals surface area contributed by atoms with E-state index in [0.717, 1.165) is 77.2 Å². The molecule has 0 aliphatic rings. The molecule has 9 aromatic rings. The van der Waals surface area contributed by atoms with Crippen molar-refractivity contribution in [2.75, 3.05) is 0 Å². The predicted octanol–water partition coefficient (Wildman–Crippen LogP) is 11.0. The second-order valence-electron chi connectivity index (χ2n) is 11.9. The van der Waals surface area contributed by atoms with Crippen LogP contribution in [0.15, 0.2) is 158 Å². The number of aromatic nitrogens is 2. The zero-order valence-electron chi connectivity index (χ0n) is 25.8. The third-order valence-electron chi connectivity index (χ3n) is 9.40. The van der Waals surface area contributed by atoms with Gasteiger partial charge in [0.15, 0.2) is 0 Å². The van der Waals surface area contributed by atoms with Crippen LogP contribution in [0.4, 0.5) is 0 Å². The molecule has 7 aromatic carbocycles. The highest BCUT2D eigenvalue weighted by Gasteiger charge is 2.31. The number of benzene rings is 7. The molecule has 0 atom stereocenters. The SMILES string of the molecule is N#Cc1c(C#N)c(-c2ccccc2)c(-n2c3ccccc3c3ccccc32)c(-n2c3ccccc3c3ccccc32)c1-c1ccccc1. The van der Waals surface area contributed by atoms with E-state index >= 15 is 0 Å². The van der Waals surface area contributed by atoms with E-state index in [1.807, 2.05) is 60.7 Å². The number of fused-ring (bicyclic) bond motifs is 6. The van der Waals surface area contributed by atoms with Crippen LogP contribution < -0.4 is 0 Å². The Labute approximate surface area is 277 Å². The van der Waals surface area contributed by atoms with Gasteiger partial charge in [-0.05, 0) is 35.4 Å². The van der Waals surface area contributed by atoms with Crippen LogP contribution in [0.5, 0.6) is 0 Å². The van der Waals surface area contributed by atoms with E-state index in [2.05, 4.69) is 118 Å². The van der Waals surface area contributed by atoms with Gasteiger partial charge < -0.3 is 9.13 Å². The lowest BCUT2D eigenvalue weighted by atomic mass is 9.86. The van der Waals surface area contributed by atoms with Crippen molar-refractivity contribution in [3.63, 3.8) is 0 Å². The first-order valence-corrected chi connectivity index (χ1v) is 15.9. The van der Waals surface area contributed by atoms with Gasteiger partial charge in [-0.3, -0.25) is 0 Å². The fourth-order valence-electron chi connectivity index (χ4n) is 7.48. The highest BCUT2D eigenvalue weighted by atomic mass is 15.1. The molecule has 0 unspecified atom stereocenters. The van der Waals surface area contributed by atoms with Crippen LogP contribution in [0.25, 0.3) is 77.2 Å². The van der Waals surface area contributed by atoms with Gasteiger partial charge in [-0.15, -0.1) is 0 Å². The quantitative estimate of drug-likeness (QED) is 0.199. The molecule has 4 heteroatoms. The number of hydrogen-bond acceptors (Lipinski definition) is 2. The first-order chi connectivity index (χ1) is 23.8. The van der Waals surface area contributed by atoms with E-state index in [-0.39, 0.29) is 0 Å². The number of nitrogens with zero attached hydrogens (tertiary/aromatic N) is 4. The molecule has 2 aromatic heterocycles. The van der Waals surface area contributed by atoms with Gasteiger partial charge in [-0.1, -0.05) is 133 Å². The van der Waals surface area contributed by atoms with Gasteiger partial charge in [0, 0.05) is 32.7 Å². The molecular formula is C44H26N4. The third-order valence-corrected chi connectivity index (χ3v) is 9.40. The van der Waals surface area contributed by atoms with E-state index in [4.69, 9.17) is 0 Å². The van der Waals surface area contributed by atoms with Gasteiger partial charge in [0.1, 0.15) is 12.1 Å². The summed E-state index contributed by atoms with van der Waals surface area (Å²) < 4.78 is 4.61. The molecule has 0 spiro atoms. The maximum absolute atomic E-state index is 11.1. The van der Waals surface area contributed by atoms with Gasteiger partial charge in [-0.25, -0.2) is 0 Å². The minimum absolute atomic E-state index is 0.351. The lowest BCUT2D eigenvalue weighted by Gasteiger charge is -2.26. The fourth-order valence-corrected chi connectivity index (χ4v) is 7.48. The van der Waals surface area contributed by atoms with Crippen molar-refractivity contribution in [2.45, 2.75) is 0 Å². The summed E-state index contributed by atoms with van der Waals surface area (Å²) >= 11 is 0. The lowest BCUT2D eigenvalue weighted by molar-refractivity contribution is 1.09. The molecule has 0 amide bonds. The predicted molar refractivity (Wildman–Crippen MR) is 195 cm³/mol. The van der Waals surface area contributed by atoms with Crippen molar-refractivity contribution in [3.05, 3.63) is 169 Å². The molecular weight excluding hydrogens is 585 g/mol. The van der Waals surface area contributed by atoms with Crippen molar-refractivity contribution in [1.82, 2.24) is 9.13 Å². The molecule has 0 radical (unpaired) electrons. The molecule has 0 N–H and O–H groups in total. The van der Waals surface area contributed by atoms with E-state index in [9.17, 15) is 10.5 Å². The molecule has 2 heterocycles. The van der Waals surface area contributed by atoms with E-state index in [1.54, 1.807) is 0 Å². The minimum atomic E-state index is 0.351. The van der Waals surface area contributed by atoms with Gasteiger partial charge >= 0.3 is 0 Å². The average Bonchev–Trinajstić information content (AvgIpc) is 3.67. The molecule has 0 fully saturated rings. The number of rotatable bonds is 4. The maximum Gasteiger partial charge on any atom is 0.101 e. The van der Waals surface area contributed by atoms with Crippen molar-refractivity contribution in [2.24, 2.45) is 0 Å². The van der Waals surface area contributed by atoms with E-state index in [1.165, 1.54) is 0 Å². The number of para-hydroxylation sites is 4. The highest BCUT2D eigenvalue weighted by Crippen LogP contribution is 2.48. The number of hydrogen-bond donors (Lipinski definition) is 0. The molecule has 0 aliphatic carbocycles. The van der Waals surface area contributed by atoms with Crippen LogP contribution in [-0.2, 0) is 0 Å². The summed E-state index contributed by atoms with van der Waals surface area (Å²) in [7, 11) is 0. The molecule has 0 saturated heterocycles. The second-order valence-corrected chi connectivity index (χ2v) is 11.9. The largest absolute Gasteiger partial charge is 0.307 e. The Balaban J connectivity index is 1.66. The molecule has 0 aliphatic heterocycles. The first kappa shape index (κ1) is 27.4. The van der Waals surface area contributed by atoms with Gasteiger partial charge in [0.2, 0.25) is 0 Å². The molecule has 0 bridgehead atoms. The smallest absolute Gasteiger partial charge is 0.101 e. The Hall–Kier alpha value is -6.88. The lowest BCUT2D eigenvalue weighted by Crippen LogP contribution is -2.11. The summed E-state index contributed by atoms with van der Waals surface area (Å²) in [6, 6.07) is 58.8. The van der Waals surface area contributed by atoms with Crippen LogP contribution in [0.2, 0.25) is 0 Å². The minimum Gasteiger partial charge on any atom is -0.307 e. The van der Waals surface area contributed by atoms with Crippen molar-refractivity contribution < 1.29 is 0 Å². The van der Waals surface area contributed by atoms with Crippen LogP contribution in [0.1, 0.15) is 11.1 Å². The molecule has 9 rings (SSSR count). The Morgan fingerprint density at radius 2 is 0.604 bits per heavy atom. The maximum atomic E-state index is 11.1.